The molecule has 0 N–H and O–H groups in total. The molecule has 0 spiro atoms. The molecule has 2 aromatic rings. The second-order valence-corrected chi connectivity index (χ2v) is 6.58. The number of fused-ring (bicyclic) bond motifs is 1. The molecule has 122 valence electrons. The number of halogens is 2. The highest BCUT2D eigenvalue weighted by Crippen LogP contribution is 2.28. The molecular formula is C18H19Cl2NO2. The van der Waals surface area contributed by atoms with Crippen molar-refractivity contribution in [3.63, 3.8) is 0 Å². The van der Waals surface area contributed by atoms with E-state index in [9.17, 15) is 4.79 Å². The summed E-state index contributed by atoms with van der Waals surface area (Å²) in [5, 5.41) is 1.07. The Kier molecular flexibility index (Phi) is 4.98. The highest BCUT2D eigenvalue weighted by molar-refractivity contribution is 6.42. The number of ether oxygens (including phenoxy) is 1. The van der Waals surface area contributed by atoms with Crippen LogP contribution in [-0.2, 0) is 24.1 Å². The molecule has 0 aliphatic heterocycles. The van der Waals surface area contributed by atoms with E-state index >= 15 is 0 Å². The van der Waals surface area contributed by atoms with Crippen molar-refractivity contribution in [3.8, 4) is 0 Å². The van der Waals surface area contributed by atoms with E-state index < -0.39 is 0 Å². The van der Waals surface area contributed by atoms with Gasteiger partial charge in [-0.05, 0) is 61.9 Å². The average Bonchev–Trinajstić information content (AvgIpc) is 2.90. The number of hydrogen-bond donors (Lipinski definition) is 0. The lowest BCUT2D eigenvalue weighted by Gasteiger charge is -2.17. The number of hydrogen-bond acceptors (Lipinski definition) is 2. The first kappa shape index (κ1) is 16.4. The molecule has 1 heterocycles. The van der Waals surface area contributed by atoms with E-state index in [0.29, 0.717) is 28.9 Å². The molecule has 0 bridgehead atoms. The highest BCUT2D eigenvalue weighted by atomic mass is 35.5. The van der Waals surface area contributed by atoms with Gasteiger partial charge in [0.2, 0.25) is 0 Å². The predicted molar refractivity (Wildman–Crippen MR) is 92.6 cm³/mol. The summed E-state index contributed by atoms with van der Waals surface area (Å²) in [4.78, 5) is 12.3. The van der Waals surface area contributed by atoms with E-state index in [-0.39, 0.29) is 5.97 Å². The SMILES string of the molecule is CCOC(=O)c1cc2c(n1Cc1ccc(Cl)c(Cl)c1)CCCC2. The number of carbonyl (C=O) groups is 1. The largest absolute Gasteiger partial charge is 0.461 e. The summed E-state index contributed by atoms with van der Waals surface area (Å²) in [6, 6.07) is 7.58. The average molecular weight is 352 g/mol. The van der Waals surface area contributed by atoms with Gasteiger partial charge < -0.3 is 9.30 Å². The number of nitrogens with zero attached hydrogens (tertiary/aromatic N) is 1. The van der Waals surface area contributed by atoms with E-state index in [2.05, 4.69) is 4.57 Å². The molecule has 1 aromatic heterocycles. The Morgan fingerprint density at radius 1 is 1.17 bits per heavy atom. The van der Waals surface area contributed by atoms with Crippen molar-refractivity contribution in [2.75, 3.05) is 6.61 Å². The number of aromatic nitrogens is 1. The van der Waals surface area contributed by atoms with Crippen molar-refractivity contribution < 1.29 is 9.53 Å². The summed E-state index contributed by atoms with van der Waals surface area (Å²) >= 11 is 12.1. The van der Waals surface area contributed by atoms with E-state index in [4.69, 9.17) is 27.9 Å². The lowest BCUT2D eigenvalue weighted by atomic mass is 9.98. The molecule has 0 saturated carbocycles. The third-order valence-corrected chi connectivity index (χ3v) is 4.96. The molecule has 0 radical (unpaired) electrons. The Balaban J connectivity index is 2.00. The fourth-order valence-corrected chi connectivity index (χ4v) is 3.46. The lowest BCUT2D eigenvalue weighted by molar-refractivity contribution is 0.0514. The third kappa shape index (κ3) is 3.41. The maximum Gasteiger partial charge on any atom is 0.354 e. The molecule has 1 aromatic carbocycles. The number of benzene rings is 1. The molecule has 0 amide bonds. The number of carbonyl (C=O) groups excluding carboxylic acids is 1. The van der Waals surface area contributed by atoms with Crippen LogP contribution in [0.2, 0.25) is 10.0 Å². The van der Waals surface area contributed by atoms with Gasteiger partial charge in [-0.3, -0.25) is 0 Å². The zero-order chi connectivity index (χ0) is 16.4. The van der Waals surface area contributed by atoms with Gasteiger partial charge in [0, 0.05) is 12.2 Å². The summed E-state index contributed by atoms with van der Waals surface area (Å²) in [6.45, 7) is 2.80. The van der Waals surface area contributed by atoms with Crippen LogP contribution in [0.4, 0.5) is 0 Å². The standard InChI is InChI=1S/C18H19Cl2NO2/c1-2-23-18(22)17-10-13-5-3-4-6-16(13)21(17)11-12-7-8-14(19)15(20)9-12/h7-10H,2-6,11H2,1H3. The number of aryl methyl sites for hydroxylation is 1. The van der Waals surface area contributed by atoms with Crippen LogP contribution in [0.15, 0.2) is 24.3 Å². The van der Waals surface area contributed by atoms with E-state index in [1.807, 2.05) is 25.1 Å². The van der Waals surface area contributed by atoms with Crippen molar-refractivity contribution in [1.29, 1.82) is 0 Å². The van der Waals surface area contributed by atoms with Crippen LogP contribution in [0.1, 0.15) is 47.1 Å². The summed E-state index contributed by atoms with van der Waals surface area (Å²) in [5.41, 5.74) is 4.16. The first-order valence-corrected chi connectivity index (χ1v) is 8.68. The van der Waals surface area contributed by atoms with Gasteiger partial charge in [-0.25, -0.2) is 4.79 Å². The van der Waals surface area contributed by atoms with Gasteiger partial charge in [0.25, 0.3) is 0 Å². The maximum absolute atomic E-state index is 12.3. The first-order valence-electron chi connectivity index (χ1n) is 7.92. The van der Waals surface area contributed by atoms with E-state index in [1.165, 1.54) is 17.7 Å². The van der Waals surface area contributed by atoms with Crippen LogP contribution in [0.5, 0.6) is 0 Å². The monoisotopic (exact) mass is 351 g/mol. The van der Waals surface area contributed by atoms with Gasteiger partial charge in [-0.15, -0.1) is 0 Å². The molecule has 0 atom stereocenters. The first-order chi connectivity index (χ1) is 11.1. The second kappa shape index (κ2) is 6.98. The maximum atomic E-state index is 12.3. The summed E-state index contributed by atoms with van der Waals surface area (Å²) in [5.74, 6) is -0.262. The fraction of sp³-hybridized carbons (Fsp3) is 0.389. The minimum absolute atomic E-state index is 0.262. The predicted octanol–water partition coefficient (Wildman–Crippen LogP) is 4.90. The van der Waals surface area contributed by atoms with E-state index in [0.717, 1.165) is 24.8 Å². The molecule has 1 aliphatic carbocycles. The summed E-state index contributed by atoms with van der Waals surface area (Å²) in [7, 11) is 0. The smallest absolute Gasteiger partial charge is 0.354 e. The second-order valence-electron chi connectivity index (χ2n) is 5.76. The van der Waals surface area contributed by atoms with Crippen molar-refractivity contribution >= 4 is 29.2 Å². The minimum Gasteiger partial charge on any atom is -0.461 e. The van der Waals surface area contributed by atoms with Crippen LogP contribution >= 0.6 is 23.2 Å². The van der Waals surface area contributed by atoms with Gasteiger partial charge in [-0.1, -0.05) is 29.3 Å². The quantitative estimate of drug-likeness (QED) is 0.733. The molecule has 23 heavy (non-hydrogen) atoms. The molecule has 0 fully saturated rings. The Morgan fingerprint density at radius 3 is 2.70 bits per heavy atom. The van der Waals surface area contributed by atoms with Crippen molar-refractivity contribution in [2.45, 2.75) is 39.2 Å². The summed E-state index contributed by atoms with van der Waals surface area (Å²) < 4.78 is 7.30. The Hall–Kier alpha value is -1.45. The highest BCUT2D eigenvalue weighted by Gasteiger charge is 2.22. The topological polar surface area (TPSA) is 31.2 Å². The van der Waals surface area contributed by atoms with Crippen LogP contribution in [-0.4, -0.2) is 17.1 Å². The minimum atomic E-state index is -0.262. The van der Waals surface area contributed by atoms with Gasteiger partial charge in [0.05, 0.1) is 16.7 Å². The molecule has 1 aliphatic rings. The Bertz CT molecular complexity index is 737. The normalized spacial score (nSPS) is 13.7. The van der Waals surface area contributed by atoms with Crippen LogP contribution < -0.4 is 0 Å². The van der Waals surface area contributed by atoms with E-state index in [1.54, 1.807) is 6.07 Å². The molecule has 0 unspecified atom stereocenters. The molecule has 0 saturated heterocycles. The molecule has 3 rings (SSSR count). The summed E-state index contributed by atoms with van der Waals surface area (Å²) in [6.07, 6.45) is 4.35. The van der Waals surface area contributed by atoms with Crippen LogP contribution in [0, 0.1) is 0 Å². The van der Waals surface area contributed by atoms with Gasteiger partial charge >= 0.3 is 5.97 Å². The fourth-order valence-electron chi connectivity index (χ4n) is 3.14. The van der Waals surface area contributed by atoms with Gasteiger partial charge in [0.15, 0.2) is 0 Å². The zero-order valence-corrected chi connectivity index (χ0v) is 14.6. The van der Waals surface area contributed by atoms with Crippen LogP contribution in [0.25, 0.3) is 0 Å². The number of esters is 1. The molecular weight excluding hydrogens is 333 g/mol. The van der Waals surface area contributed by atoms with Gasteiger partial charge in [-0.2, -0.15) is 0 Å². The molecule has 5 heteroatoms. The Morgan fingerprint density at radius 2 is 1.96 bits per heavy atom. The lowest BCUT2D eigenvalue weighted by Crippen LogP contribution is -2.16. The van der Waals surface area contributed by atoms with Crippen molar-refractivity contribution in [1.82, 2.24) is 4.57 Å². The van der Waals surface area contributed by atoms with Crippen molar-refractivity contribution in [3.05, 3.63) is 56.8 Å². The van der Waals surface area contributed by atoms with Gasteiger partial charge in [0.1, 0.15) is 5.69 Å². The Labute approximate surface area is 146 Å². The van der Waals surface area contributed by atoms with Crippen molar-refractivity contribution in [2.24, 2.45) is 0 Å². The molecule has 3 nitrogen and oxygen atoms in total. The number of rotatable bonds is 4. The third-order valence-electron chi connectivity index (χ3n) is 4.22. The van der Waals surface area contributed by atoms with Crippen LogP contribution in [0.3, 0.4) is 0 Å². The zero-order valence-electron chi connectivity index (χ0n) is 13.1.